The number of benzene rings is 3. The number of hydrogen-bond acceptors (Lipinski definition) is 6. The Morgan fingerprint density at radius 3 is 2.38 bits per heavy atom. The van der Waals surface area contributed by atoms with Crippen LogP contribution in [0.1, 0.15) is 27.9 Å². The number of nitrogens with one attached hydrogen (secondary N) is 1. The Bertz CT molecular complexity index is 1570. The third-order valence-corrected chi connectivity index (χ3v) is 7.21. The van der Waals surface area contributed by atoms with Gasteiger partial charge in [-0.2, -0.15) is 5.26 Å². The van der Waals surface area contributed by atoms with Crippen molar-refractivity contribution in [3.05, 3.63) is 94.5 Å². The summed E-state index contributed by atoms with van der Waals surface area (Å²) in [6, 6.07) is 23.8. The number of carboxylic acid groups (broad SMARTS) is 1. The summed E-state index contributed by atoms with van der Waals surface area (Å²) in [6.45, 7) is 2.00. The summed E-state index contributed by atoms with van der Waals surface area (Å²) >= 11 is 7.43. The first-order valence-electron chi connectivity index (χ1n) is 11.9. The average Bonchev–Trinajstić information content (AvgIpc) is 2.94. The molecule has 3 aromatic carbocycles. The van der Waals surface area contributed by atoms with E-state index in [2.05, 4.69) is 11.4 Å². The molecule has 196 valence electrons. The number of carboxylic acids is 1. The molecular weight excluding hydrogens is 534 g/mol. The summed E-state index contributed by atoms with van der Waals surface area (Å²) in [5.41, 5.74) is 4.98. The van der Waals surface area contributed by atoms with Crippen molar-refractivity contribution < 1.29 is 19.4 Å². The van der Waals surface area contributed by atoms with Crippen LogP contribution in [0.2, 0.25) is 5.02 Å². The number of pyridine rings is 1. The standard InChI is InChI=1S/C30H24ClN3O4S/c1-18-3-5-19(6-4-18)23-16-26(20-7-10-22(38-2)11-8-20)34-29(24(23)17-32)39-14-13-28(35)33-27-15-21(30(36)37)9-12-25(27)31/h3-12,15-16H,13-14H2,1-2H3,(H,33,35)(H,36,37). The van der Waals surface area contributed by atoms with Crippen molar-refractivity contribution in [2.75, 3.05) is 18.2 Å². The van der Waals surface area contributed by atoms with Gasteiger partial charge in [0.15, 0.2) is 0 Å². The van der Waals surface area contributed by atoms with Crippen LogP contribution in [0.5, 0.6) is 5.75 Å². The predicted molar refractivity (Wildman–Crippen MR) is 153 cm³/mol. The fourth-order valence-corrected chi connectivity index (χ4v) is 4.92. The van der Waals surface area contributed by atoms with Gasteiger partial charge in [0.25, 0.3) is 0 Å². The van der Waals surface area contributed by atoms with Crippen LogP contribution in [-0.2, 0) is 4.79 Å². The van der Waals surface area contributed by atoms with Crippen molar-refractivity contribution in [3.8, 4) is 34.2 Å². The summed E-state index contributed by atoms with van der Waals surface area (Å²) in [6.07, 6.45) is 0.0947. The number of carbonyl (C=O) groups is 2. The smallest absolute Gasteiger partial charge is 0.335 e. The predicted octanol–water partition coefficient (Wildman–Crippen LogP) is 7.08. The first-order chi connectivity index (χ1) is 18.8. The van der Waals surface area contributed by atoms with Gasteiger partial charge < -0.3 is 15.2 Å². The summed E-state index contributed by atoms with van der Waals surface area (Å²) in [5, 5.41) is 22.7. The van der Waals surface area contributed by atoms with Gasteiger partial charge in [0, 0.05) is 23.3 Å². The van der Waals surface area contributed by atoms with Gasteiger partial charge in [-0.1, -0.05) is 41.4 Å². The Morgan fingerprint density at radius 1 is 1.05 bits per heavy atom. The Balaban J connectivity index is 1.60. The first-order valence-corrected chi connectivity index (χ1v) is 13.3. The molecule has 0 bridgehead atoms. The molecule has 0 saturated heterocycles. The normalized spacial score (nSPS) is 10.5. The Morgan fingerprint density at radius 2 is 1.74 bits per heavy atom. The highest BCUT2D eigenvalue weighted by molar-refractivity contribution is 7.99. The van der Waals surface area contributed by atoms with Gasteiger partial charge in [0.2, 0.25) is 5.91 Å². The fourth-order valence-electron chi connectivity index (χ4n) is 3.81. The van der Waals surface area contributed by atoms with Crippen LogP contribution >= 0.6 is 23.4 Å². The second-order valence-corrected chi connectivity index (χ2v) is 10.1. The van der Waals surface area contributed by atoms with E-state index in [1.54, 1.807) is 7.11 Å². The van der Waals surface area contributed by atoms with Crippen LogP contribution in [0, 0.1) is 18.3 Å². The largest absolute Gasteiger partial charge is 0.497 e. The highest BCUT2D eigenvalue weighted by Crippen LogP contribution is 2.35. The Labute approximate surface area is 235 Å². The number of aromatic carboxylic acids is 1. The van der Waals surface area contributed by atoms with Gasteiger partial charge in [0.05, 0.1) is 34.6 Å². The zero-order chi connectivity index (χ0) is 27.9. The van der Waals surface area contributed by atoms with Crippen LogP contribution < -0.4 is 10.1 Å². The molecule has 0 atom stereocenters. The lowest BCUT2D eigenvalue weighted by Gasteiger charge is -2.13. The van der Waals surface area contributed by atoms with Crippen molar-refractivity contribution >= 4 is 40.9 Å². The van der Waals surface area contributed by atoms with E-state index in [0.717, 1.165) is 28.0 Å². The van der Waals surface area contributed by atoms with Gasteiger partial charge in [-0.25, -0.2) is 9.78 Å². The van der Waals surface area contributed by atoms with E-state index in [1.807, 2.05) is 61.5 Å². The molecule has 0 radical (unpaired) electrons. The number of aromatic nitrogens is 1. The molecule has 0 spiro atoms. The minimum absolute atomic E-state index is 0.0194. The molecule has 1 heterocycles. The number of anilines is 1. The number of rotatable bonds is 9. The lowest BCUT2D eigenvalue weighted by atomic mass is 9.98. The van der Waals surface area contributed by atoms with Gasteiger partial charge in [-0.05, 0) is 61.0 Å². The van der Waals surface area contributed by atoms with Gasteiger partial charge >= 0.3 is 5.97 Å². The second kappa shape index (κ2) is 12.5. The topological polar surface area (TPSA) is 112 Å². The van der Waals surface area contributed by atoms with E-state index in [-0.39, 0.29) is 28.6 Å². The minimum Gasteiger partial charge on any atom is -0.497 e. The molecule has 1 aromatic heterocycles. The van der Waals surface area contributed by atoms with E-state index in [0.29, 0.717) is 22.0 Å². The number of halogens is 1. The van der Waals surface area contributed by atoms with Crippen LogP contribution in [0.3, 0.4) is 0 Å². The van der Waals surface area contributed by atoms with Crippen LogP contribution in [0.4, 0.5) is 5.69 Å². The molecule has 0 aliphatic rings. The van der Waals surface area contributed by atoms with Gasteiger partial charge in [0.1, 0.15) is 16.8 Å². The van der Waals surface area contributed by atoms with E-state index >= 15 is 0 Å². The molecule has 0 aliphatic carbocycles. The van der Waals surface area contributed by atoms with Crippen molar-refractivity contribution in [3.63, 3.8) is 0 Å². The van der Waals surface area contributed by atoms with Crippen LogP contribution in [0.25, 0.3) is 22.4 Å². The molecule has 2 N–H and O–H groups in total. The number of nitriles is 1. The Hall–Kier alpha value is -4.32. The minimum atomic E-state index is -1.12. The van der Waals surface area contributed by atoms with Crippen LogP contribution in [0.15, 0.2) is 77.8 Å². The van der Waals surface area contributed by atoms with E-state index < -0.39 is 5.97 Å². The number of amides is 1. The fraction of sp³-hybridized carbons (Fsp3) is 0.133. The van der Waals surface area contributed by atoms with E-state index in [1.165, 1.54) is 30.0 Å². The van der Waals surface area contributed by atoms with E-state index in [9.17, 15) is 20.0 Å². The monoisotopic (exact) mass is 557 g/mol. The molecule has 0 saturated carbocycles. The number of ether oxygens (including phenoxy) is 1. The highest BCUT2D eigenvalue weighted by Gasteiger charge is 2.17. The van der Waals surface area contributed by atoms with E-state index in [4.69, 9.17) is 21.3 Å². The molecule has 4 rings (SSSR count). The zero-order valence-electron chi connectivity index (χ0n) is 21.2. The second-order valence-electron chi connectivity index (χ2n) is 8.59. The maximum atomic E-state index is 12.6. The molecule has 1 amide bonds. The van der Waals surface area contributed by atoms with Gasteiger partial charge in [-0.15, -0.1) is 11.8 Å². The first kappa shape index (κ1) is 27.7. The molecule has 7 nitrogen and oxygen atoms in total. The molecule has 9 heteroatoms. The molecule has 0 aliphatic heterocycles. The van der Waals surface area contributed by atoms with Gasteiger partial charge in [-0.3, -0.25) is 4.79 Å². The number of nitrogens with zero attached hydrogens (tertiary/aromatic N) is 2. The lowest BCUT2D eigenvalue weighted by molar-refractivity contribution is -0.115. The Kier molecular flexibility index (Phi) is 8.87. The lowest BCUT2D eigenvalue weighted by Crippen LogP contribution is -2.13. The number of thioether (sulfide) groups is 1. The number of aryl methyl sites for hydroxylation is 1. The van der Waals surface area contributed by atoms with Crippen molar-refractivity contribution in [2.45, 2.75) is 18.4 Å². The zero-order valence-corrected chi connectivity index (χ0v) is 22.8. The average molecular weight is 558 g/mol. The van der Waals surface area contributed by atoms with Crippen molar-refractivity contribution in [1.82, 2.24) is 4.98 Å². The highest BCUT2D eigenvalue weighted by atomic mass is 35.5. The number of carbonyl (C=O) groups excluding carboxylic acids is 1. The maximum Gasteiger partial charge on any atom is 0.335 e. The maximum absolute atomic E-state index is 12.6. The summed E-state index contributed by atoms with van der Waals surface area (Å²) in [7, 11) is 1.60. The van der Waals surface area contributed by atoms with Crippen molar-refractivity contribution in [1.29, 1.82) is 5.26 Å². The van der Waals surface area contributed by atoms with Crippen molar-refractivity contribution in [2.24, 2.45) is 0 Å². The SMILES string of the molecule is COc1ccc(-c2cc(-c3ccc(C)cc3)c(C#N)c(SCCC(=O)Nc3cc(C(=O)O)ccc3Cl)n2)cc1. The molecule has 0 fully saturated rings. The quantitative estimate of drug-likeness (QED) is 0.211. The third-order valence-electron chi connectivity index (χ3n) is 5.90. The summed E-state index contributed by atoms with van der Waals surface area (Å²) in [5.74, 6) is -0.395. The van der Waals surface area contributed by atoms with Crippen LogP contribution in [-0.4, -0.2) is 34.8 Å². The number of hydrogen-bond donors (Lipinski definition) is 2. The number of methoxy groups -OCH3 is 1. The molecule has 39 heavy (non-hydrogen) atoms. The molecule has 0 unspecified atom stereocenters. The summed E-state index contributed by atoms with van der Waals surface area (Å²) < 4.78 is 5.27. The third kappa shape index (κ3) is 6.77. The molecule has 4 aromatic rings. The molecular formula is C30H24ClN3O4S. The summed E-state index contributed by atoms with van der Waals surface area (Å²) in [4.78, 5) is 28.7.